The molecule has 7 heteroatoms. The molecule has 0 bridgehead atoms. The summed E-state index contributed by atoms with van der Waals surface area (Å²) in [4.78, 5) is 15.3. The Kier molecular flexibility index (Phi) is 5.08. The van der Waals surface area contributed by atoms with E-state index in [0.29, 0.717) is 24.5 Å². The van der Waals surface area contributed by atoms with Crippen LogP contribution in [0.25, 0.3) is 0 Å². The predicted octanol–water partition coefficient (Wildman–Crippen LogP) is -0.0379. The van der Waals surface area contributed by atoms with Crippen LogP contribution >= 0.6 is 0 Å². The van der Waals surface area contributed by atoms with Crippen molar-refractivity contribution in [2.75, 3.05) is 31.3 Å². The number of aromatic nitrogens is 1. The number of aliphatic hydroxyl groups is 1. The number of nitrogens with two attached hydrogens (primary N) is 2. The van der Waals surface area contributed by atoms with Crippen molar-refractivity contribution in [1.82, 2.24) is 4.98 Å². The third-order valence-corrected chi connectivity index (χ3v) is 2.66. The Hall–Kier alpha value is -1.86. The van der Waals surface area contributed by atoms with Gasteiger partial charge in [-0.1, -0.05) is 0 Å². The highest BCUT2D eigenvalue weighted by Crippen LogP contribution is 2.17. The highest BCUT2D eigenvalue weighted by Gasteiger charge is 2.21. The van der Waals surface area contributed by atoms with E-state index in [2.05, 4.69) is 10.3 Å². The van der Waals surface area contributed by atoms with Crippen LogP contribution in [0.3, 0.4) is 0 Å². The molecule has 7 nitrogen and oxygen atoms in total. The number of carbonyl (C=O) groups is 1. The van der Waals surface area contributed by atoms with Gasteiger partial charge in [0.15, 0.2) is 0 Å². The number of pyridine rings is 1. The van der Waals surface area contributed by atoms with Crippen LogP contribution in [0.2, 0.25) is 0 Å². The molecule has 1 aromatic rings. The molecule has 106 valence electrons. The number of hydrogen-bond donors (Lipinski definition) is 4. The Morgan fingerprint density at radius 2 is 2.32 bits per heavy atom. The molecule has 1 heterocycles. The van der Waals surface area contributed by atoms with E-state index in [0.717, 1.165) is 0 Å². The zero-order valence-corrected chi connectivity index (χ0v) is 11.1. The van der Waals surface area contributed by atoms with Crippen molar-refractivity contribution in [1.29, 1.82) is 0 Å². The fourth-order valence-corrected chi connectivity index (χ4v) is 1.49. The highest BCUT2D eigenvalue weighted by atomic mass is 16.5. The number of ether oxygens (including phenoxy) is 1. The number of nitrogen functional groups attached to an aromatic ring is 1. The molecular weight excluding hydrogens is 248 g/mol. The standard InChI is InChI=1S/C12H20N4O3/c1-12(18,3-4-19-2)7-16-11-9(10(14)17)5-8(13)6-15-11/h5-6,18H,3-4,7,13H2,1-2H3,(H2,14,17)(H,15,16). The summed E-state index contributed by atoms with van der Waals surface area (Å²) in [5, 5.41) is 13.0. The molecule has 0 aliphatic carbocycles. The van der Waals surface area contributed by atoms with Gasteiger partial charge in [-0.15, -0.1) is 0 Å². The van der Waals surface area contributed by atoms with E-state index in [-0.39, 0.29) is 12.1 Å². The van der Waals surface area contributed by atoms with Crippen molar-refractivity contribution in [3.05, 3.63) is 17.8 Å². The Morgan fingerprint density at radius 3 is 2.89 bits per heavy atom. The SMILES string of the molecule is COCCC(C)(O)CNc1ncc(N)cc1C(N)=O. The minimum Gasteiger partial charge on any atom is -0.397 e. The number of rotatable bonds is 7. The highest BCUT2D eigenvalue weighted by molar-refractivity contribution is 5.98. The van der Waals surface area contributed by atoms with Gasteiger partial charge < -0.3 is 26.6 Å². The second kappa shape index (κ2) is 6.35. The Morgan fingerprint density at radius 1 is 1.63 bits per heavy atom. The third kappa shape index (κ3) is 4.72. The largest absolute Gasteiger partial charge is 0.397 e. The first kappa shape index (κ1) is 15.2. The summed E-state index contributed by atoms with van der Waals surface area (Å²) in [6.45, 7) is 2.32. The van der Waals surface area contributed by atoms with Gasteiger partial charge >= 0.3 is 0 Å². The topological polar surface area (TPSA) is 123 Å². The lowest BCUT2D eigenvalue weighted by Crippen LogP contribution is -2.35. The third-order valence-electron chi connectivity index (χ3n) is 2.66. The molecule has 1 amide bonds. The van der Waals surface area contributed by atoms with E-state index in [1.54, 1.807) is 14.0 Å². The van der Waals surface area contributed by atoms with Gasteiger partial charge in [0.2, 0.25) is 0 Å². The van der Waals surface area contributed by atoms with Crippen LogP contribution in [0, 0.1) is 0 Å². The minimum atomic E-state index is -0.978. The molecule has 0 fully saturated rings. The summed E-state index contributed by atoms with van der Waals surface area (Å²) >= 11 is 0. The predicted molar refractivity (Wildman–Crippen MR) is 72.8 cm³/mol. The summed E-state index contributed by atoms with van der Waals surface area (Å²) in [5.41, 5.74) is 10.4. The molecule has 0 spiro atoms. The fraction of sp³-hybridized carbons (Fsp3) is 0.500. The van der Waals surface area contributed by atoms with Gasteiger partial charge in [0.1, 0.15) is 5.82 Å². The van der Waals surface area contributed by atoms with Crippen molar-refractivity contribution < 1.29 is 14.6 Å². The molecule has 6 N–H and O–H groups in total. The zero-order valence-electron chi connectivity index (χ0n) is 11.1. The quantitative estimate of drug-likeness (QED) is 0.550. The van der Waals surface area contributed by atoms with Gasteiger partial charge in [0.05, 0.1) is 23.0 Å². The summed E-state index contributed by atoms with van der Waals surface area (Å²) in [5.74, 6) is -0.321. The Labute approximate surface area is 112 Å². The first-order chi connectivity index (χ1) is 8.85. The molecule has 0 aliphatic rings. The summed E-state index contributed by atoms with van der Waals surface area (Å²) in [6.07, 6.45) is 1.87. The fourth-order valence-electron chi connectivity index (χ4n) is 1.49. The smallest absolute Gasteiger partial charge is 0.252 e. The second-order valence-electron chi connectivity index (χ2n) is 4.62. The number of carbonyl (C=O) groups excluding carboxylic acids is 1. The lowest BCUT2D eigenvalue weighted by atomic mass is 10.0. The van der Waals surface area contributed by atoms with Gasteiger partial charge in [-0.05, 0) is 13.0 Å². The maximum absolute atomic E-state index is 11.3. The average molecular weight is 268 g/mol. The molecule has 0 saturated heterocycles. The van der Waals surface area contributed by atoms with Gasteiger partial charge in [-0.3, -0.25) is 4.79 Å². The number of hydrogen-bond acceptors (Lipinski definition) is 6. The van der Waals surface area contributed by atoms with E-state index >= 15 is 0 Å². The van der Waals surface area contributed by atoms with E-state index in [1.165, 1.54) is 12.3 Å². The maximum Gasteiger partial charge on any atom is 0.252 e. The first-order valence-corrected chi connectivity index (χ1v) is 5.86. The van der Waals surface area contributed by atoms with Crippen molar-refractivity contribution >= 4 is 17.4 Å². The number of amides is 1. The normalized spacial score (nSPS) is 13.8. The van der Waals surface area contributed by atoms with E-state index in [4.69, 9.17) is 16.2 Å². The van der Waals surface area contributed by atoms with E-state index in [9.17, 15) is 9.90 Å². The number of methoxy groups -OCH3 is 1. The van der Waals surface area contributed by atoms with Crippen molar-refractivity contribution in [3.63, 3.8) is 0 Å². The molecule has 1 rings (SSSR count). The number of nitrogens with zero attached hydrogens (tertiary/aromatic N) is 1. The Balaban J connectivity index is 2.75. The van der Waals surface area contributed by atoms with Crippen LogP contribution in [-0.4, -0.2) is 41.9 Å². The summed E-state index contributed by atoms with van der Waals surface area (Å²) in [6, 6.07) is 1.45. The lowest BCUT2D eigenvalue weighted by Gasteiger charge is -2.24. The monoisotopic (exact) mass is 268 g/mol. The number of primary amides is 1. The summed E-state index contributed by atoms with van der Waals surface area (Å²) in [7, 11) is 1.57. The van der Waals surface area contributed by atoms with Gasteiger partial charge in [0.25, 0.3) is 5.91 Å². The lowest BCUT2D eigenvalue weighted by molar-refractivity contribution is 0.0356. The van der Waals surface area contributed by atoms with Crippen LogP contribution in [0.1, 0.15) is 23.7 Å². The molecule has 0 radical (unpaired) electrons. The number of nitrogens with one attached hydrogen (secondary N) is 1. The Bertz CT molecular complexity index is 449. The van der Waals surface area contributed by atoms with Crippen LogP contribution in [0.4, 0.5) is 11.5 Å². The van der Waals surface area contributed by atoms with Gasteiger partial charge in [-0.25, -0.2) is 4.98 Å². The van der Waals surface area contributed by atoms with Crippen molar-refractivity contribution in [2.24, 2.45) is 5.73 Å². The van der Waals surface area contributed by atoms with Crippen LogP contribution in [-0.2, 0) is 4.74 Å². The first-order valence-electron chi connectivity index (χ1n) is 5.86. The van der Waals surface area contributed by atoms with Crippen LogP contribution in [0.15, 0.2) is 12.3 Å². The molecule has 19 heavy (non-hydrogen) atoms. The molecule has 0 saturated carbocycles. The molecule has 1 unspecified atom stereocenters. The number of anilines is 2. The maximum atomic E-state index is 11.3. The minimum absolute atomic E-state index is 0.197. The zero-order chi connectivity index (χ0) is 14.5. The van der Waals surface area contributed by atoms with Crippen LogP contribution in [0.5, 0.6) is 0 Å². The van der Waals surface area contributed by atoms with E-state index in [1.807, 2.05) is 0 Å². The molecule has 0 aliphatic heterocycles. The van der Waals surface area contributed by atoms with Crippen LogP contribution < -0.4 is 16.8 Å². The van der Waals surface area contributed by atoms with E-state index < -0.39 is 11.5 Å². The summed E-state index contributed by atoms with van der Waals surface area (Å²) < 4.78 is 4.91. The molecule has 1 atom stereocenters. The van der Waals surface area contributed by atoms with Crippen molar-refractivity contribution in [2.45, 2.75) is 18.9 Å². The molecule has 0 aromatic carbocycles. The van der Waals surface area contributed by atoms with Crippen molar-refractivity contribution in [3.8, 4) is 0 Å². The van der Waals surface area contributed by atoms with Gasteiger partial charge in [0, 0.05) is 26.7 Å². The molecule has 1 aromatic heterocycles. The molecular formula is C12H20N4O3. The average Bonchev–Trinajstić information content (AvgIpc) is 2.35. The van der Waals surface area contributed by atoms with Gasteiger partial charge in [-0.2, -0.15) is 0 Å². The second-order valence-corrected chi connectivity index (χ2v) is 4.62.